The number of nitrogens with zero attached hydrogens (tertiary/aromatic N) is 1. The minimum absolute atomic E-state index is 0.0589. The normalized spacial score (nSPS) is 17.6. The second-order valence-corrected chi connectivity index (χ2v) is 9.19. The average Bonchev–Trinajstić information content (AvgIpc) is 3.28. The van der Waals surface area contributed by atoms with Gasteiger partial charge in [-0.15, -0.1) is 0 Å². The number of hydrogen-bond acceptors (Lipinski definition) is 5. The Morgan fingerprint density at radius 2 is 1.57 bits per heavy atom. The summed E-state index contributed by atoms with van der Waals surface area (Å²) in [6.07, 6.45) is 1.26. The summed E-state index contributed by atoms with van der Waals surface area (Å²) in [5.41, 5.74) is 2.15. The van der Waals surface area contributed by atoms with E-state index in [1.165, 1.54) is 0 Å². The molecule has 2 atom stereocenters. The summed E-state index contributed by atoms with van der Waals surface area (Å²) in [4.78, 5) is 26.6. The molecule has 174 valence electrons. The molecule has 1 aliphatic heterocycles. The van der Waals surface area contributed by atoms with Crippen molar-refractivity contribution in [1.29, 1.82) is 0 Å². The van der Waals surface area contributed by atoms with Crippen molar-refractivity contribution in [3.05, 3.63) is 132 Å². The van der Waals surface area contributed by atoms with Gasteiger partial charge in [0.2, 0.25) is 0 Å². The third kappa shape index (κ3) is 3.85. The predicted molar refractivity (Wildman–Crippen MR) is 132 cm³/mol. The van der Waals surface area contributed by atoms with Crippen LogP contribution < -0.4 is 16.1 Å². The molecule has 0 radical (unpaired) electrons. The first-order valence-electron chi connectivity index (χ1n) is 10.9. The van der Waals surface area contributed by atoms with Crippen molar-refractivity contribution >= 4 is 23.2 Å². The van der Waals surface area contributed by atoms with Gasteiger partial charge in [0.25, 0.3) is 11.5 Å². The fourth-order valence-corrected chi connectivity index (χ4v) is 4.77. The Labute approximate surface area is 209 Å². The van der Waals surface area contributed by atoms with Gasteiger partial charge in [0.05, 0.1) is 18.0 Å². The molecule has 4 aromatic rings. The molecular weight excluding hydrogens is 489 g/mol. The third-order valence-corrected chi connectivity index (χ3v) is 6.65. The van der Waals surface area contributed by atoms with Gasteiger partial charge in [-0.1, -0.05) is 59.6 Å². The maximum atomic E-state index is 13.7. The Bertz CT molecular complexity index is 1590. The summed E-state index contributed by atoms with van der Waals surface area (Å²) in [7, 11) is 0. The maximum Gasteiger partial charge on any atom is 0.422 e. The minimum atomic E-state index is -0.725. The second kappa shape index (κ2) is 8.48. The van der Waals surface area contributed by atoms with Gasteiger partial charge in [-0.25, -0.2) is 9.36 Å². The van der Waals surface area contributed by atoms with Crippen LogP contribution in [0.2, 0.25) is 10.0 Å². The molecule has 35 heavy (non-hydrogen) atoms. The van der Waals surface area contributed by atoms with E-state index in [-0.39, 0.29) is 18.3 Å². The summed E-state index contributed by atoms with van der Waals surface area (Å²) in [6, 6.07) is 21.3. The lowest BCUT2D eigenvalue weighted by molar-refractivity contribution is 0.0598. The van der Waals surface area contributed by atoms with Crippen LogP contribution in [0, 0.1) is 0 Å². The molecule has 6 rings (SSSR count). The molecule has 6 nitrogen and oxygen atoms in total. The van der Waals surface area contributed by atoms with Crippen LogP contribution in [0.1, 0.15) is 28.7 Å². The molecule has 8 heteroatoms. The predicted octanol–water partition coefficient (Wildman–Crippen LogP) is 5.91. The summed E-state index contributed by atoms with van der Waals surface area (Å²) in [6.45, 7) is 0.0589. The molecule has 1 aromatic heterocycles. The smallest absolute Gasteiger partial charge is 0.422 e. The van der Waals surface area contributed by atoms with Crippen LogP contribution in [-0.4, -0.2) is 4.57 Å². The van der Waals surface area contributed by atoms with E-state index in [1.54, 1.807) is 54.6 Å². The lowest BCUT2D eigenvalue weighted by Crippen LogP contribution is -2.38. The summed E-state index contributed by atoms with van der Waals surface area (Å²) in [5.74, 6) is -0.142. The molecule has 0 saturated heterocycles. The summed E-state index contributed by atoms with van der Waals surface area (Å²) >= 11 is 11.9. The molecule has 2 heterocycles. The van der Waals surface area contributed by atoms with Gasteiger partial charge >= 0.3 is 5.76 Å². The first kappa shape index (κ1) is 21.8. The lowest BCUT2D eigenvalue weighted by atomic mass is 9.81. The topological polar surface area (TPSA) is 70.7 Å². The van der Waals surface area contributed by atoms with E-state index in [9.17, 15) is 9.59 Å². The summed E-state index contributed by atoms with van der Waals surface area (Å²) in [5, 5.41) is 1.16. The van der Waals surface area contributed by atoms with Gasteiger partial charge in [-0.05, 0) is 42.0 Å². The van der Waals surface area contributed by atoms with Crippen LogP contribution in [0.15, 0.2) is 98.8 Å². The number of aromatic nitrogens is 1. The monoisotopic (exact) mass is 505 g/mol. The van der Waals surface area contributed by atoms with Gasteiger partial charge in [0.15, 0.2) is 0 Å². The number of rotatable bonds is 4. The van der Waals surface area contributed by atoms with E-state index in [4.69, 9.17) is 37.1 Å². The maximum absolute atomic E-state index is 13.7. The Balaban J connectivity index is 1.46. The van der Waals surface area contributed by atoms with Crippen LogP contribution in [-0.2, 0) is 11.3 Å². The van der Waals surface area contributed by atoms with Crippen molar-refractivity contribution in [2.75, 3.05) is 0 Å². The number of hydrogen-bond donors (Lipinski definition) is 0. The Hall–Kier alpha value is -3.74. The van der Waals surface area contributed by atoms with E-state index in [2.05, 4.69) is 0 Å². The van der Waals surface area contributed by atoms with Crippen LogP contribution >= 0.6 is 23.2 Å². The van der Waals surface area contributed by atoms with Crippen LogP contribution in [0.3, 0.4) is 0 Å². The number of benzene rings is 3. The van der Waals surface area contributed by atoms with Crippen molar-refractivity contribution in [2.24, 2.45) is 0 Å². The highest BCUT2D eigenvalue weighted by Crippen LogP contribution is 2.50. The molecule has 0 saturated carbocycles. The zero-order valence-electron chi connectivity index (χ0n) is 18.1. The van der Waals surface area contributed by atoms with Crippen molar-refractivity contribution in [3.8, 4) is 17.1 Å². The van der Waals surface area contributed by atoms with Crippen molar-refractivity contribution in [3.63, 3.8) is 0 Å². The fourth-order valence-electron chi connectivity index (χ4n) is 4.52. The van der Waals surface area contributed by atoms with E-state index in [0.29, 0.717) is 26.9 Å². The Morgan fingerprint density at radius 1 is 0.886 bits per heavy atom. The van der Waals surface area contributed by atoms with Gasteiger partial charge in [-0.3, -0.25) is 4.79 Å². The molecule has 2 aliphatic rings. The van der Waals surface area contributed by atoms with E-state index in [0.717, 1.165) is 15.7 Å². The van der Waals surface area contributed by atoms with E-state index in [1.807, 2.05) is 24.3 Å². The molecule has 0 fully saturated rings. The molecular formula is C27H17Cl2NO5. The largest absolute Gasteiger partial charge is 0.456 e. The van der Waals surface area contributed by atoms with Crippen molar-refractivity contribution in [2.45, 2.75) is 18.6 Å². The third-order valence-electron chi connectivity index (χ3n) is 6.15. The fraction of sp³-hybridized carbons (Fsp3) is 0.111. The highest BCUT2D eigenvalue weighted by Gasteiger charge is 2.43. The average molecular weight is 506 g/mol. The zero-order chi connectivity index (χ0) is 24.1. The van der Waals surface area contributed by atoms with Gasteiger partial charge in [0, 0.05) is 27.2 Å². The van der Waals surface area contributed by atoms with Gasteiger partial charge in [-0.2, -0.15) is 0 Å². The Morgan fingerprint density at radius 3 is 2.31 bits per heavy atom. The quantitative estimate of drug-likeness (QED) is 0.344. The number of fused-ring (bicyclic) bond motifs is 6. The molecule has 1 aliphatic carbocycles. The van der Waals surface area contributed by atoms with Crippen molar-refractivity contribution in [1.82, 2.24) is 4.57 Å². The molecule has 3 aromatic carbocycles. The van der Waals surface area contributed by atoms with Gasteiger partial charge < -0.3 is 13.9 Å². The first-order chi connectivity index (χ1) is 17.0. The molecule has 0 amide bonds. The molecule has 0 bridgehead atoms. The second-order valence-electron chi connectivity index (χ2n) is 8.32. The highest BCUT2D eigenvalue weighted by molar-refractivity contribution is 6.30. The minimum Gasteiger partial charge on any atom is -0.456 e. The molecule has 0 N–H and O–H groups in total. The number of halogens is 2. The first-order valence-corrected chi connectivity index (χ1v) is 11.7. The van der Waals surface area contributed by atoms with Crippen molar-refractivity contribution < 1.29 is 13.9 Å². The highest BCUT2D eigenvalue weighted by atomic mass is 35.5. The van der Waals surface area contributed by atoms with Crippen LogP contribution in [0.25, 0.3) is 11.3 Å². The molecule has 2 unspecified atom stereocenters. The molecule has 0 spiro atoms. The van der Waals surface area contributed by atoms with Crippen LogP contribution in [0.4, 0.5) is 0 Å². The SMILES string of the molecule is O=c1oc2c(c(=O)n1Cc1ccc(Cl)cc1)C1C=C(Oc3ccc(Cl)cc3)OC1c1ccccc1-2. The number of ether oxygens (including phenoxy) is 2. The standard InChI is InChI=1S/C27H17Cl2NO5/c28-16-7-5-15(6-8-16)14-30-26(31)23-21-13-22(33-18-11-9-17(29)10-12-18)34-24(21)19-3-1-2-4-20(19)25(23)35-27(30)32/h1-13,21,24H,14H2. The van der Waals surface area contributed by atoms with Gasteiger partial charge in [0.1, 0.15) is 17.6 Å². The lowest BCUT2D eigenvalue weighted by Gasteiger charge is -2.27. The van der Waals surface area contributed by atoms with Crippen LogP contribution in [0.5, 0.6) is 5.75 Å². The Kier molecular flexibility index (Phi) is 5.28. The summed E-state index contributed by atoms with van der Waals surface area (Å²) < 4.78 is 18.9. The van der Waals surface area contributed by atoms with E-state index >= 15 is 0 Å². The van der Waals surface area contributed by atoms with E-state index < -0.39 is 23.3 Å². The zero-order valence-corrected chi connectivity index (χ0v) is 19.6.